The van der Waals surface area contributed by atoms with Crippen LogP contribution in [0.2, 0.25) is 0 Å². The van der Waals surface area contributed by atoms with Crippen LogP contribution in [0.15, 0.2) is 47.5 Å². The molecule has 0 atom stereocenters. The molecule has 2 N–H and O–H groups in total. The number of rotatable bonds is 3. The first-order chi connectivity index (χ1) is 12.4. The molecule has 0 unspecified atom stereocenters. The molecule has 0 radical (unpaired) electrons. The predicted molar refractivity (Wildman–Crippen MR) is 104 cm³/mol. The lowest BCUT2D eigenvalue weighted by molar-refractivity contribution is 0.329. The Morgan fingerprint density at radius 2 is 1.62 bits per heavy atom. The second-order valence-electron chi connectivity index (χ2n) is 7.81. The number of hydrogen-bond acceptors (Lipinski definition) is 3. The molecule has 2 aliphatic rings. The highest BCUT2D eigenvalue weighted by molar-refractivity contribution is 7.89. The van der Waals surface area contributed by atoms with Gasteiger partial charge in [-0.2, -0.15) is 0 Å². The van der Waals surface area contributed by atoms with Gasteiger partial charge in [-0.1, -0.05) is 42.7 Å². The second kappa shape index (κ2) is 6.32. The third-order valence-corrected chi connectivity index (χ3v) is 6.80. The van der Waals surface area contributed by atoms with E-state index in [-0.39, 0.29) is 4.90 Å². The van der Waals surface area contributed by atoms with Gasteiger partial charge in [0.25, 0.3) is 0 Å². The van der Waals surface area contributed by atoms with Crippen molar-refractivity contribution in [2.45, 2.75) is 50.3 Å². The lowest BCUT2D eigenvalue weighted by Crippen LogP contribution is -2.13. The number of allylic oxidation sites excluding steroid dienone is 2. The molecule has 1 spiro atoms. The van der Waals surface area contributed by atoms with Gasteiger partial charge >= 0.3 is 0 Å². The number of pyridine rings is 1. The monoisotopic (exact) mass is 368 g/mol. The predicted octanol–water partition coefficient (Wildman–Crippen LogP) is 4.30. The van der Waals surface area contributed by atoms with Gasteiger partial charge in [0.05, 0.1) is 5.69 Å². The topological polar surface area (TPSA) is 73.1 Å². The molecular weight excluding hydrogens is 344 g/mol. The minimum Gasteiger partial charge on any atom is -0.255 e. The summed E-state index contributed by atoms with van der Waals surface area (Å²) in [6.07, 6.45) is 8.62. The largest absolute Gasteiger partial charge is 0.255 e. The first kappa shape index (κ1) is 17.4. The minimum absolute atomic E-state index is 0.0623. The fraction of sp³-hybridized carbons (Fsp3) is 0.381. The van der Waals surface area contributed by atoms with Crippen LogP contribution in [0, 0.1) is 12.3 Å². The molecular formula is C21H24N2O2S. The molecule has 1 heterocycles. The fourth-order valence-corrected chi connectivity index (χ4v) is 4.97. The molecule has 2 aromatic rings. The van der Waals surface area contributed by atoms with E-state index >= 15 is 0 Å². The molecule has 1 aromatic carbocycles. The first-order valence-corrected chi connectivity index (χ1v) is 10.7. The van der Waals surface area contributed by atoms with Crippen molar-refractivity contribution in [2.75, 3.05) is 0 Å². The molecule has 4 rings (SSSR count). The normalized spacial score (nSPS) is 19.5. The third-order valence-electron chi connectivity index (χ3n) is 5.91. The number of benzene rings is 1. The van der Waals surface area contributed by atoms with Crippen LogP contribution in [0.1, 0.15) is 55.3 Å². The van der Waals surface area contributed by atoms with Crippen LogP contribution in [-0.2, 0) is 10.0 Å². The highest BCUT2D eigenvalue weighted by atomic mass is 32.2. The number of hydrogen-bond donors (Lipinski definition) is 1. The van der Waals surface area contributed by atoms with Crippen LogP contribution in [0.3, 0.4) is 0 Å². The highest BCUT2D eigenvalue weighted by Gasteiger charge is 2.41. The Morgan fingerprint density at radius 3 is 2.19 bits per heavy atom. The molecule has 0 bridgehead atoms. The van der Waals surface area contributed by atoms with E-state index in [0.717, 1.165) is 18.5 Å². The smallest absolute Gasteiger partial charge is 0.239 e. The molecule has 0 saturated heterocycles. The van der Waals surface area contributed by atoms with Crippen molar-refractivity contribution < 1.29 is 8.42 Å². The van der Waals surface area contributed by atoms with Gasteiger partial charge in [-0.25, -0.2) is 13.6 Å². The van der Waals surface area contributed by atoms with E-state index in [1.807, 2.05) is 0 Å². The summed E-state index contributed by atoms with van der Waals surface area (Å²) in [5.74, 6) is 0. The van der Waals surface area contributed by atoms with Gasteiger partial charge in [-0.15, -0.1) is 0 Å². The van der Waals surface area contributed by atoms with E-state index in [9.17, 15) is 8.42 Å². The Kier molecular flexibility index (Phi) is 4.24. The van der Waals surface area contributed by atoms with Gasteiger partial charge in [-0.05, 0) is 66.9 Å². The van der Waals surface area contributed by atoms with Crippen LogP contribution in [0.4, 0.5) is 0 Å². The van der Waals surface area contributed by atoms with Gasteiger partial charge in [0, 0.05) is 6.20 Å². The van der Waals surface area contributed by atoms with Crippen LogP contribution >= 0.6 is 0 Å². The van der Waals surface area contributed by atoms with E-state index in [1.165, 1.54) is 54.2 Å². The zero-order valence-corrected chi connectivity index (χ0v) is 15.8. The van der Waals surface area contributed by atoms with Gasteiger partial charge in [0.1, 0.15) is 4.90 Å². The van der Waals surface area contributed by atoms with Crippen LogP contribution < -0.4 is 5.14 Å². The number of aromatic nitrogens is 1. The van der Waals surface area contributed by atoms with Crippen LogP contribution in [0.25, 0.3) is 11.1 Å². The lowest BCUT2D eigenvalue weighted by Gasteiger charge is -2.23. The molecule has 136 valence electrons. The van der Waals surface area contributed by atoms with E-state index in [2.05, 4.69) is 36.2 Å². The van der Waals surface area contributed by atoms with E-state index < -0.39 is 10.0 Å². The summed E-state index contributed by atoms with van der Waals surface area (Å²) in [6, 6.07) is 12.1. The first-order valence-electron chi connectivity index (χ1n) is 9.15. The van der Waals surface area contributed by atoms with Crippen molar-refractivity contribution >= 4 is 21.2 Å². The SMILES string of the molecule is Cc1ccc(C2=C(c3ccc(S(N)(=O)=O)cn3)CC3(CCCC3)C2)cc1. The Balaban J connectivity index is 1.78. The molecule has 1 saturated carbocycles. The molecule has 26 heavy (non-hydrogen) atoms. The van der Waals surface area contributed by atoms with Crippen molar-refractivity contribution in [1.82, 2.24) is 4.98 Å². The number of sulfonamides is 1. The van der Waals surface area contributed by atoms with Crippen molar-refractivity contribution in [3.8, 4) is 0 Å². The Morgan fingerprint density at radius 1 is 0.962 bits per heavy atom. The Bertz CT molecular complexity index is 952. The maximum absolute atomic E-state index is 11.5. The van der Waals surface area contributed by atoms with E-state index in [1.54, 1.807) is 12.1 Å². The molecule has 5 heteroatoms. The number of nitrogens with two attached hydrogens (primary N) is 1. The maximum Gasteiger partial charge on any atom is 0.239 e. The summed E-state index contributed by atoms with van der Waals surface area (Å²) in [5, 5.41) is 5.21. The Labute approximate surface area is 155 Å². The number of nitrogens with zero attached hydrogens (tertiary/aromatic N) is 1. The van der Waals surface area contributed by atoms with Crippen molar-refractivity contribution in [3.63, 3.8) is 0 Å². The summed E-state index contributed by atoms with van der Waals surface area (Å²) < 4.78 is 23.0. The zero-order chi connectivity index (χ0) is 18.4. The number of aryl methyl sites for hydroxylation is 1. The average molecular weight is 369 g/mol. The minimum atomic E-state index is -3.71. The van der Waals surface area contributed by atoms with Crippen LogP contribution in [0.5, 0.6) is 0 Å². The molecule has 1 fully saturated rings. The van der Waals surface area contributed by atoms with Crippen LogP contribution in [-0.4, -0.2) is 13.4 Å². The fourth-order valence-electron chi connectivity index (χ4n) is 4.51. The van der Waals surface area contributed by atoms with Gasteiger partial charge in [-0.3, -0.25) is 4.98 Å². The van der Waals surface area contributed by atoms with Gasteiger partial charge in [0.2, 0.25) is 10.0 Å². The molecule has 0 aliphatic heterocycles. The zero-order valence-electron chi connectivity index (χ0n) is 15.0. The third kappa shape index (κ3) is 3.21. The Hall–Kier alpha value is -1.98. The van der Waals surface area contributed by atoms with Crippen molar-refractivity contribution in [1.29, 1.82) is 0 Å². The summed E-state index contributed by atoms with van der Waals surface area (Å²) >= 11 is 0. The highest BCUT2D eigenvalue weighted by Crippen LogP contribution is 2.57. The molecule has 2 aliphatic carbocycles. The number of primary sulfonamides is 1. The summed E-state index contributed by atoms with van der Waals surface area (Å²) in [5.41, 5.74) is 6.36. The van der Waals surface area contributed by atoms with E-state index in [0.29, 0.717) is 5.41 Å². The second-order valence-corrected chi connectivity index (χ2v) is 9.37. The van der Waals surface area contributed by atoms with E-state index in [4.69, 9.17) is 5.14 Å². The average Bonchev–Trinajstić information content (AvgIpc) is 3.22. The lowest BCUT2D eigenvalue weighted by atomic mass is 9.81. The molecule has 4 nitrogen and oxygen atoms in total. The van der Waals surface area contributed by atoms with Crippen molar-refractivity contribution in [3.05, 3.63) is 59.4 Å². The summed E-state index contributed by atoms with van der Waals surface area (Å²) in [7, 11) is -3.71. The van der Waals surface area contributed by atoms with Gasteiger partial charge in [0.15, 0.2) is 0 Å². The quantitative estimate of drug-likeness (QED) is 0.878. The van der Waals surface area contributed by atoms with Crippen molar-refractivity contribution in [2.24, 2.45) is 10.6 Å². The van der Waals surface area contributed by atoms with Gasteiger partial charge < -0.3 is 0 Å². The standard InChI is InChI=1S/C21H24N2O2S/c1-15-4-6-16(7-5-15)18-12-21(10-2-3-11-21)13-19(18)20-9-8-17(14-23-20)26(22,24)25/h4-9,14H,2-3,10-13H2,1H3,(H2,22,24,25). The summed E-state index contributed by atoms with van der Waals surface area (Å²) in [6.45, 7) is 2.10. The molecule has 1 aromatic heterocycles. The summed E-state index contributed by atoms with van der Waals surface area (Å²) in [4.78, 5) is 4.52. The maximum atomic E-state index is 11.5. The molecule has 0 amide bonds.